The quantitative estimate of drug-likeness (QED) is 0.754. The van der Waals surface area contributed by atoms with Gasteiger partial charge in [-0.3, -0.25) is 4.79 Å². The molecule has 0 aliphatic carbocycles. The highest BCUT2D eigenvalue weighted by Crippen LogP contribution is 2.26. The third kappa shape index (κ3) is 6.44. The van der Waals surface area contributed by atoms with E-state index in [1.165, 1.54) is 0 Å². The maximum atomic E-state index is 12.3. The Hall–Kier alpha value is -0.480. The number of hydrogen-bond donors (Lipinski definition) is 2. The summed E-state index contributed by atoms with van der Waals surface area (Å²) in [6.07, 6.45) is 2.71. The minimum absolute atomic E-state index is 0. The van der Waals surface area contributed by atoms with Crippen LogP contribution >= 0.6 is 35.6 Å². The molecule has 1 aliphatic heterocycles. The van der Waals surface area contributed by atoms with Crippen LogP contribution in [0.15, 0.2) is 18.2 Å². The first-order valence-corrected chi connectivity index (χ1v) is 9.15. The Morgan fingerprint density at radius 1 is 1.29 bits per heavy atom. The van der Waals surface area contributed by atoms with Crippen molar-refractivity contribution in [2.45, 2.75) is 33.1 Å². The zero-order chi connectivity index (χ0) is 16.8. The van der Waals surface area contributed by atoms with Crippen molar-refractivity contribution in [2.24, 2.45) is 17.8 Å². The minimum Gasteiger partial charge on any atom is -0.356 e. The molecule has 1 atom stereocenters. The minimum atomic E-state index is 0. The monoisotopic (exact) mass is 392 g/mol. The molecular weight excluding hydrogens is 367 g/mol. The summed E-state index contributed by atoms with van der Waals surface area (Å²) in [4.78, 5) is 12.3. The van der Waals surface area contributed by atoms with Gasteiger partial charge in [-0.1, -0.05) is 43.1 Å². The van der Waals surface area contributed by atoms with Gasteiger partial charge in [0.15, 0.2) is 0 Å². The van der Waals surface area contributed by atoms with Crippen molar-refractivity contribution in [3.05, 3.63) is 33.8 Å². The molecule has 1 unspecified atom stereocenters. The molecule has 0 radical (unpaired) electrons. The fourth-order valence-electron chi connectivity index (χ4n) is 2.97. The molecule has 0 aromatic heterocycles. The second-order valence-corrected chi connectivity index (χ2v) is 7.56. The second kappa shape index (κ2) is 10.5. The summed E-state index contributed by atoms with van der Waals surface area (Å²) < 4.78 is 0. The van der Waals surface area contributed by atoms with E-state index in [9.17, 15) is 4.79 Å². The number of benzene rings is 1. The highest BCUT2D eigenvalue weighted by atomic mass is 35.5. The normalized spacial score (nSPS) is 16.5. The summed E-state index contributed by atoms with van der Waals surface area (Å²) in [5.74, 6) is 1.18. The van der Waals surface area contributed by atoms with Crippen LogP contribution in [-0.4, -0.2) is 25.5 Å². The first kappa shape index (κ1) is 21.6. The second-order valence-electron chi connectivity index (χ2n) is 6.71. The Labute approximate surface area is 161 Å². The summed E-state index contributed by atoms with van der Waals surface area (Å²) in [6.45, 7) is 6.94. The van der Waals surface area contributed by atoms with Gasteiger partial charge in [0.25, 0.3) is 0 Å². The van der Waals surface area contributed by atoms with Crippen LogP contribution in [0.3, 0.4) is 0 Å². The highest BCUT2D eigenvalue weighted by Gasteiger charge is 2.22. The van der Waals surface area contributed by atoms with Gasteiger partial charge in [-0.2, -0.15) is 0 Å². The van der Waals surface area contributed by atoms with Crippen LogP contribution in [0.5, 0.6) is 0 Å². The predicted molar refractivity (Wildman–Crippen MR) is 104 cm³/mol. The maximum Gasteiger partial charge on any atom is 0.223 e. The predicted octanol–water partition coefficient (Wildman–Crippen LogP) is 4.35. The molecule has 0 spiro atoms. The van der Waals surface area contributed by atoms with Crippen LogP contribution in [0.2, 0.25) is 10.0 Å². The molecule has 1 fully saturated rings. The number of amides is 1. The standard InChI is InChI=1S/C18H26Cl2N2O.ClH/c1-12(2)15(9-14-3-4-16(19)10-17(14)20)11-22-18(23)13-5-7-21-8-6-13;/h3-4,10,12-13,15,21H,5-9,11H2,1-2H3,(H,22,23);1H. The summed E-state index contributed by atoms with van der Waals surface area (Å²) in [7, 11) is 0. The van der Waals surface area contributed by atoms with Crippen LogP contribution in [0.25, 0.3) is 0 Å². The van der Waals surface area contributed by atoms with Crippen LogP contribution < -0.4 is 10.6 Å². The molecule has 0 bridgehead atoms. The molecule has 2 rings (SSSR count). The summed E-state index contributed by atoms with van der Waals surface area (Å²) in [6, 6.07) is 5.63. The molecule has 1 heterocycles. The van der Waals surface area contributed by atoms with Gasteiger partial charge in [0.2, 0.25) is 5.91 Å². The van der Waals surface area contributed by atoms with E-state index in [1.54, 1.807) is 6.07 Å². The van der Waals surface area contributed by atoms with Gasteiger partial charge in [0, 0.05) is 22.5 Å². The van der Waals surface area contributed by atoms with E-state index in [0.717, 1.165) is 37.9 Å². The number of rotatable bonds is 6. The number of carbonyl (C=O) groups excluding carboxylic acids is 1. The largest absolute Gasteiger partial charge is 0.356 e. The van der Waals surface area contributed by atoms with Crippen molar-refractivity contribution in [2.75, 3.05) is 19.6 Å². The van der Waals surface area contributed by atoms with E-state index in [4.69, 9.17) is 23.2 Å². The molecule has 24 heavy (non-hydrogen) atoms. The molecule has 1 amide bonds. The lowest BCUT2D eigenvalue weighted by Crippen LogP contribution is -2.40. The number of carbonyl (C=O) groups is 1. The SMILES string of the molecule is CC(C)C(CNC(=O)C1CCNCC1)Cc1ccc(Cl)cc1Cl.Cl. The van der Waals surface area contributed by atoms with E-state index in [1.807, 2.05) is 12.1 Å². The Morgan fingerprint density at radius 2 is 1.96 bits per heavy atom. The molecule has 1 aromatic carbocycles. The highest BCUT2D eigenvalue weighted by molar-refractivity contribution is 6.35. The molecule has 2 N–H and O–H groups in total. The van der Waals surface area contributed by atoms with Crippen LogP contribution in [0.1, 0.15) is 32.3 Å². The third-order valence-electron chi connectivity index (χ3n) is 4.69. The van der Waals surface area contributed by atoms with Crippen LogP contribution in [0, 0.1) is 17.8 Å². The lowest BCUT2D eigenvalue weighted by atomic mass is 9.88. The van der Waals surface area contributed by atoms with E-state index in [0.29, 0.717) is 28.4 Å². The molecule has 1 saturated heterocycles. The average Bonchev–Trinajstić information content (AvgIpc) is 2.53. The molecule has 0 saturated carbocycles. The van der Waals surface area contributed by atoms with Gasteiger partial charge < -0.3 is 10.6 Å². The number of nitrogens with one attached hydrogen (secondary N) is 2. The first-order chi connectivity index (χ1) is 11.0. The maximum absolute atomic E-state index is 12.3. The molecule has 136 valence electrons. The number of piperidine rings is 1. The van der Waals surface area contributed by atoms with Gasteiger partial charge in [0.1, 0.15) is 0 Å². The van der Waals surface area contributed by atoms with Crippen LogP contribution in [0.4, 0.5) is 0 Å². The van der Waals surface area contributed by atoms with E-state index in [-0.39, 0.29) is 24.2 Å². The Balaban J connectivity index is 0.00000288. The van der Waals surface area contributed by atoms with Gasteiger partial charge in [-0.15, -0.1) is 12.4 Å². The fraction of sp³-hybridized carbons (Fsp3) is 0.611. The smallest absolute Gasteiger partial charge is 0.223 e. The Bertz CT molecular complexity index is 531. The summed E-state index contributed by atoms with van der Waals surface area (Å²) in [5.41, 5.74) is 1.09. The van der Waals surface area contributed by atoms with E-state index >= 15 is 0 Å². The van der Waals surface area contributed by atoms with Crippen LogP contribution in [-0.2, 0) is 11.2 Å². The summed E-state index contributed by atoms with van der Waals surface area (Å²) >= 11 is 12.2. The van der Waals surface area contributed by atoms with Crippen molar-refractivity contribution in [1.82, 2.24) is 10.6 Å². The van der Waals surface area contributed by atoms with Gasteiger partial charge >= 0.3 is 0 Å². The van der Waals surface area contributed by atoms with E-state index < -0.39 is 0 Å². The van der Waals surface area contributed by atoms with Gasteiger partial charge in [0.05, 0.1) is 0 Å². The average molecular weight is 394 g/mol. The number of halogens is 3. The first-order valence-electron chi connectivity index (χ1n) is 8.39. The van der Waals surface area contributed by atoms with Gasteiger partial charge in [-0.25, -0.2) is 0 Å². The van der Waals surface area contributed by atoms with Crippen molar-refractivity contribution in [3.63, 3.8) is 0 Å². The molecule has 3 nitrogen and oxygen atoms in total. The van der Waals surface area contributed by atoms with Crippen molar-refractivity contribution in [1.29, 1.82) is 0 Å². The fourth-order valence-corrected chi connectivity index (χ4v) is 3.46. The molecule has 1 aliphatic rings. The Kier molecular flexibility index (Phi) is 9.43. The third-order valence-corrected chi connectivity index (χ3v) is 5.28. The number of hydrogen-bond acceptors (Lipinski definition) is 2. The van der Waals surface area contributed by atoms with Crippen molar-refractivity contribution in [3.8, 4) is 0 Å². The lowest BCUT2D eigenvalue weighted by Gasteiger charge is -2.25. The topological polar surface area (TPSA) is 41.1 Å². The van der Waals surface area contributed by atoms with Gasteiger partial charge in [-0.05, 0) is 61.9 Å². The molecule has 1 aromatic rings. The van der Waals surface area contributed by atoms with Crippen molar-refractivity contribution >= 4 is 41.5 Å². The van der Waals surface area contributed by atoms with Crippen molar-refractivity contribution < 1.29 is 4.79 Å². The zero-order valence-electron chi connectivity index (χ0n) is 14.3. The zero-order valence-corrected chi connectivity index (χ0v) is 16.6. The lowest BCUT2D eigenvalue weighted by molar-refractivity contribution is -0.126. The molecular formula is C18H27Cl3N2O. The molecule has 6 heteroatoms. The Morgan fingerprint density at radius 3 is 2.54 bits per heavy atom. The summed E-state index contributed by atoms with van der Waals surface area (Å²) in [5, 5.41) is 7.79. The van der Waals surface area contributed by atoms with E-state index in [2.05, 4.69) is 24.5 Å².